The van der Waals surface area contributed by atoms with Crippen LogP contribution >= 0.6 is 11.8 Å². The summed E-state index contributed by atoms with van der Waals surface area (Å²) in [5.41, 5.74) is 7.37. The quantitative estimate of drug-likeness (QED) is 0.524. The van der Waals surface area contributed by atoms with Crippen LogP contribution in [0.4, 0.5) is 0 Å². The maximum absolute atomic E-state index is 8.79. The fourth-order valence-corrected chi connectivity index (χ4v) is 2.26. The molecule has 1 aromatic carbocycles. The third kappa shape index (κ3) is 4.24. The van der Waals surface area contributed by atoms with Crippen molar-refractivity contribution in [1.82, 2.24) is 0 Å². The van der Waals surface area contributed by atoms with Crippen LogP contribution in [0.5, 0.6) is 0 Å². The van der Waals surface area contributed by atoms with Gasteiger partial charge in [0.25, 0.3) is 0 Å². The van der Waals surface area contributed by atoms with Gasteiger partial charge in [-0.25, -0.2) is 0 Å². The Hall–Kier alpha value is -1.00. The van der Waals surface area contributed by atoms with Crippen molar-refractivity contribution in [3.05, 3.63) is 35.4 Å². The predicted octanol–water partition coefficient (Wildman–Crippen LogP) is 1.97. The van der Waals surface area contributed by atoms with Crippen molar-refractivity contribution in [3.8, 4) is 0 Å². The number of benzene rings is 1. The molecule has 16 heavy (non-hydrogen) atoms. The molecule has 3 nitrogen and oxygen atoms in total. The summed E-state index contributed by atoms with van der Waals surface area (Å²) in [6.45, 7) is 2.34. The van der Waals surface area contributed by atoms with E-state index in [-0.39, 0.29) is 12.4 Å². The number of hydrogen-bond donors (Lipinski definition) is 3. The Kier molecular flexibility index (Phi) is 5.35. The monoisotopic (exact) mass is 238 g/mol. The minimum atomic E-state index is 0.107. The first kappa shape index (κ1) is 13.1. The summed E-state index contributed by atoms with van der Waals surface area (Å²) in [5.74, 6) is 0.998. The number of rotatable bonds is 6. The Morgan fingerprint density at radius 3 is 2.94 bits per heavy atom. The van der Waals surface area contributed by atoms with Crippen LogP contribution < -0.4 is 5.73 Å². The molecule has 4 heteroatoms. The van der Waals surface area contributed by atoms with Crippen molar-refractivity contribution in [2.75, 3.05) is 6.61 Å². The SMILES string of the molecule is CC(CCO)SCc1cccc(C(=N)N)c1. The van der Waals surface area contributed by atoms with Crippen molar-refractivity contribution in [3.63, 3.8) is 0 Å². The molecule has 0 aromatic heterocycles. The highest BCUT2D eigenvalue weighted by Gasteiger charge is 2.03. The topological polar surface area (TPSA) is 70.1 Å². The molecule has 0 spiro atoms. The molecular formula is C12H18N2OS. The standard InChI is InChI=1S/C12H18N2OS/c1-9(5-6-15)16-8-10-3-2-4-11(7-10)12(13)14/h2-4,7,9,15H,5-6,8H2,1H3,(H3,13,14). The summed E-state index contributed by atoms with van der Waals surface area (Å²) in [7, 11) is 0. The average molecular weight is 238 g/mol. The van der Waals surface area contributed by atoms with E-state index in [1.807, 2.05) is 24.3 Å². The van der Waals surface area contributed by atoms with Gasteiger partial charge in [-0.15, -0.1) is 0 Å². The van der Waals surface area contributed by atoms with Crippen molar-refractivity contribution < 1.29 is 5.11 Å². The summed E-state index contributed by atoms with van der Waals surface area (Å²) < 4.78 is 0. The van der Waals surface area contributed by atoms with Gasteiger partial charge in [0.15, 0.2) is 0 Å². The lowest BCUT2D eigenvalue weighted by molar-refractivity contribution is 0.289. The zero-order valence-electron chi connectivity index (χ0n) is 9.44. The number of aliphatic hydroxyl groups is 1. The highest BCUT2D eigenvalue weighted by atomic mass is 32.2. The lowest BCUT2D eigenvalue weighted by Gasteiger charge is -2.09. The summed E-state index contributed by atoms with van der Waals surface area (Å²) in [6, 6.07) is 7.74. The van der Waals surface area contributed by atoms with E-state index in [1.54, 1.807) is 11.8 Å². The summed E-state index contributed by atoms with van der Waals surface area (Å²) in [6.07, 6.45) is 0.817. The highest BCUT2D eigenvalue weighted by molar-refractivity contribution is 7.99. The Morgan fingerprint density at radius 1 is 1.56 bits per heavy atom. The van der Waals surface area contributed by atoms with Crippen LogP contribution in [-0.2, 0) is 5.75 Å². The number of amidine groups is 1. The molecule has 4 N–H and O–H groups in total. The molecule has 0 amide bonds. The van der Waals surface area contributed by atoms with Gasteiger partial charge < -0.3 is 10.8 Å². The van der Waals surface area contributed by atoms with Gasteiger partial charge in [0.1, 0.15) is 5.84 Å². The van der Waals surface area contributed by atoms with Crippen molar-refractivity contribution in [2.45, 2.75) is 24.3 Å². The number of aliphatic hydroxyl groups excluding tert-OH is 1. The molecule has 0 saturated carbocycles. The van der Waals surface area contributed by atoms with E-state index in [2.05, 4.69) is 6.92 Å². The Morgan fingerprint density at radius 2 is 2.31 bits per heavy atom. The molecule has 0 fully saturated rings. The second-order valence-electron chi connectivity index (χ2n) is 3.75. The molecule has 1 rings (SSSR count). The Labute approximate surface area is 101 Å². The minimum absolute atomic E-state index is 0.107. The van der Waals surface area contributed by atoms with E-state index in [0.29, 0.717) is 5.25 Å². The van der Waals surface area contributed by atoms with Crippen LogP contribution in [0.3, 0.4) is 0 Å². The lowest BCUT2D eigenvalue weighted by Crippen LogP contribution is -2.11. The first-order valence-electron chi connectivity index (χ1n) is 5.29. The highest BCUT2D eigenvalue weighted by Crippen LogP contribution is 2.20. The van der Waals surface area contributed by atoms with Crippen LogP contribution in [0, 0.1) is 5.41 Å². The number of nitrogen functional groups attached to an aromatic ring is 1. The van der Waals surface area contributed by atoms with Gasteiger partial charge in [0.05, 0.1) is 0 Å². The number of nitrogens with two attached hydrogens (primary N) is 1. The smallest absolute Gasteiger partial charge is 0.122 e. The molecule has 1 atom stereocenters. The molecule has 0 aliphatic heterocycles. The van der Waals surface area contributed by atoms with E-state index in [4.69, 9.17) is 16.2 Å². The fraction of sp³-hybridized carbons (Fsp3) is 0.417. The fourth-order valence-electron chi connectivity index (χ4n) is 1.33. The van der Waals surface area contributed by atoms with Gasteiger partial charge >= 0.3 is 0 Å². The van der Waals surface area contributed by atoms with Gasteiger partial charge in [-0.05, 0) is 18.1 Å². The average Bonchev–Trinajstić information content (AvgIpc) is 2.27. The Bertz CT molecular complexity index is 355. The molecule has 0 radical (unpaired) electrons. The van der Waals surface area contributed by atoms with E-state index < -0.39 is 0 Å². The van der Waals surface area contributed by atoms with Crippen molar-refractivity contribution >= 4 is 17.6 Å². The van der Waals surface area contributed by atoms with Crippen LogP contribution in [0.15, 0.2) is 24.3 Å². The molecule has 1 unspecified atom stereocenters. The van der Waals surface area contributed by atoms with Gasteiger partial charge in [0, 0.05) is 23.2 Å². The summed E-state index contributed by atoms with van der Waals surface area (Å²) in [4.78, 5) is 0. The van der Waals surface area contributed by atoms with Gasteiger partial charge in [-0.2, -0.15) is 11.8 Å². The number of thioether (sulfide) groups is 1. The number of hydrogen-bond acceptors (Lipinski definition) is 3. The molecule has 0 aliphatic rings. The molecule has 1 aromatic rings. The maximum atomic E-state index is 8.79. The molecule has 0 saturated heterocycles. The maximum Gasteiger partial charge on any atom is 0.122 e. The summed E-state index contributed by atoms with van der Waals surface area (Å²) in [5, 5.41) is 16.6. The van der Waals surface area contributed by atoms with E-state index in [1.165, 1.54) is 5.56 Å². The lowest BCUT2D eigenvalue weighted by atomic mass is 10.1. The summed E-state index contributed by atoms with van der Waals surface area (Å²) >= 11 is 1.80. The first-order chi connectivity index (χ1) is 7.63. The Balaban J connectivity index is 2.54. The minimum Gasteiger partial charge on any atom is -0.396 e. The zero-order chi connectivity index (χ0) is 12.0. The van der Waals surface area contributed by atoms with Crippen LogP contribution in [-0.4, -0.2) is 22.8 Å². The second kappa shape index (κ2) is 6.55. The second-order valence-corrected chi connectivity index (χ2v) is 5.17. The van der Waals surface area contributed by atoms with E-state index in [9.17, 15) is 0 Å². The zero-order valence-corrected chi connectivity index (χ0v) is 10.3. The van der Waals surface area contributed by atoms with Gasteiger partial charge in [-0.1, -0.05) is 25.1 Å². The first-order valence-corrected chi connectivity index (χ1v) is 6.34. The molecule has 0 aliphatic carbocycles. The van der Waals surface area contributed by atoms with Crippen molar-refractivity contribution in [1.29, 1.82) is 5.41 Å². The van der Waals surface area contributed by atoms with Gasteiger partial charge in [-0.3, -0.25) is 5.41 Å². The molecule has 88 valence electrons. The van der Waals surface area contributed by atoms with Crippen molar-refractivity contribution in [2.24, 2.45) is 5.73 Å². The number of nitrogens with one attached hydrogen (secondary N) is 1. The third-order valence-corrected chi connectivity index (χ3v) is 3.61. The van der Waals surface area contributed by atoms with Crippen LogP contribution in [0.2, 0.25) is 0 Å². The molecule has 0 heterocycles. The van der Waals surface area contributed by atoms with E-state index >= 15 is 0 Å². The van der Waals surface area contributed by atoms with Crippen LogP contribution in [0.1, 0.15) is 24.5 Å². The molecule has 0 bridgehead atoms. The van der Waals surface area contributed by atoms with Gasteiger partial charge in [0.2, 0.25) is 0 Å². The largest absolute Gasteiger partial charge is 0.396 e. The normalized spacial score (nSPS) is 12.4. The van der Waals surface area contributed by atoms with Crippen LogP contribution in [0.25, 0.3) is 0 Å². The third-order valence-electron chi connectivity index (χ3n) is 2.31. The predicted molar refractivity (Wildman–Crippen MR) is 69.9 cm³/mol. The van der Waals surface area contributed by atoms with E-state index in [0.717, 1.165) is 17.7 Å². The molecular weight excluding hydrogens is 220 g/mol.